The number of aromatic nitrogens is 2. The molecule has 0 aliphatic carbocycles. The number of sulfonamides is 1. The lowest BCUT2D eigenvalue weighted by Crippen LogP contribution is -2.14. The average molecular weight is 462 g/mol. The molecule has 0 amide bonds. The molecule has 0 unspecified atom stereocenters. The lowest BCUT2D eigenvalue weighted by molar-refractivity contribution is -0.384. The van der Waals surface area contributed by atoms with Gasteiger partial charge in [-0.25, -0.2) is 8.42 Å². The second kappa shape index (κ2) is 7.96. The molecule has 2 aromatic carbocycles. The number of nitro benzene ring substituents is 1. The van der Waals surface area contributed by atoms with Crippen LogP contribution < -0.4 is 4.72 Å². The first-order chi connectivity index (χ1) is 13.2. The van der Waals surface area contributed by atoms with E-state index in [1.165, 1.54) is 10.9 Å². The molecule has 0 atom stereocenters. The Balaban J connectivity index is 1.84. The monoisotopic (exact) mass is 460 g/mol. The number of nitrogens with zero attached hydrogens (tertiary/aromatic N) is 3. The first-order valence-electron chi connectivity index (χ1n) is 7.60. The first kappa shape index (κ1) is 20.4. The molecule has 0 radical (unpaired) electrons. The fourth-order valence-corrected chi connectivity index (χ4v) is 4.11. The molecular formula is C16H11Cl3N4O4S. The van der Waals surface area contributed by atoms with Crippen molar-refractivity contribution in [1.29, 1.82) is 0 Å². The summed E-state index contributed by atoms with van der Waals surface area (Å²) in [5.41, 5.74) is 0.382. The van der Waals surface area contributed by atoms with Gasteiger partial charge >= 0.3 is 0 Å². The van der Waals surface area contributed by atoms with Crippen LogP contribution in [-0.4, -0.2) is 23.1 Å². The molecule has 1 heterocycles. The van der Waals surface area contributed by atoms with Gasteiger partial charge in [0, 0.05) is 33.9 Å². The molecule has 0 fully saturated rings. The van der Waals surface area contributed by atoms with E-state index in [1.54, 1.807) is 18.2 Å². The topological polar surface area (TPSA) is 107 Å². The number of benzene rings is 2. The molecule has 3 rings (SSSR count). The standard InChI is InChI=1S/C16H11Cl3N4O4S/c17-13-2-1-3-14(18)12(13)8-22-9-15(19)16(20-22)21-28(26,27)11-6-4-10(5-7-11)23(24)25/h1-7,9H,8H2,(H,20,21). The smallest absolute Gasteiger partial charge is 0.265 e. The van der Waals surface area contributed by atoms with Crippen molar-refractivity contribution in [3.63, 3.8) is 0 Å². The van der Waals surface area contributed by atoms with E-state index >= 15 is 0 Å². The number of nitro groups is 1. The molecule has 3 aromatic rings. The molecule has 8 nitrogen and oxygen atoms in total. The lowest BCUT2D eigenvalue weighted by atomic mass is 10.2. The number of nitrogens with one attached hydrogen (secondary N) is 1. The van der Waals surface area contributed by atoms with Gasteiger partial charge in [0.05, 0.1) is 16.4 Å². The molecule has 146 valence electrons. The fourth-order valence-electron chi connectivity index (χ4n) is 2.33. The van der Waals surface area contributed by atoms with Crippen LogP contribution >= 0.6 is 34.8 Å². The highest BCUT2D eigenvalue weighted by Crippen LogP contribution is 2.28. The molecule has 0 saturated carbocycles. The predicted octanol–water partition coefficient (Wildman–Crippen LogP) is 4.60. The largest absolute Gasteiger partial charge is 0.269 e. The van der Waals surface area contributed by atoms with Crippen molar-refractivity contribution in [2.45, 2.75) is 11.4 Å². The van der Waals surface area contributed by atoms with E-state index in [-0.39, 0.29) is 28.0 Å². The van der Waals surface area contributed by atoms with Gasteiger partial charge in [0.2, 0.25) is 0 Å². The molecule has 0 saturated heterocycles. The van der Waals surface area contributed by atoms with E-state index < -0.39 is 14.9 Å². The van der Waals surface area contributed by atoms with E-state index in [0.29, 0.717) is 15.6 Å². The maximum absolute atomic E-state index is 12.5. The Morgan fingerprint density at radius 1 is 1.04 bits per heavy atom. The van der Waals surface area contributed by atoms with Crippen LogP contribution in [0.25, 0.3) is 0 Å². The Labute approximate surface area is 174 Å². The summed E-state index contributed by atoms with van der Waals surface area (Å²) in [5.74, 6) is -0.0943. The van der Waals surface area contributed by atoms with Gasteiger partial charge in [-0.05, 0) is 24.3 Å². The number of anilines is 1. The van der Waals surface area contributed by atoms with E-state index in [1.807, 2.05) is 0 Å². The maximum Gasteiger partial charge on any atom is 0.269 e. The number of hydrogen-bond donors (Lipinski definition) is 1. The van der Waals surface area contributed by atoms with E-state index in [0.717, 1.165) is 24.3 Å². The van der Waals surface area contributed by atoms with Gasteiger partial charge in [-0.3, -0.25) is 19.5 Å². The molecule has 28 heavy (non-hydrogen) atoms. The molecule has 1 N–H and O–H groups in total. The van der Waals surface area contributed by atoms with Crippen molar-refractivity contribution in [3.8, 4) is 0 Å². The third kappa shape index (κ3) is 4.39. The van der Waals surface area contributed by atoms with Gasteiger partial charge < -0.3 is 0 Å². The normalized spacial score (nSPS) is 11.4. The fraction of sp³-hybridized carbons (Fsp3) is 0.0625. The van der Waals surface area contributed by atoms with Gasteiger partial charge in [0.15, 0.2) is 5.82 Å². The van der Waals surface area contributed by atoms with Crippen LogP contribution in [0.3, 0.4) is 0 Å². The summed E-state index contributed by atoms with van der Waals surface area (Å²) in [6, 6.07) is 9.47. The highest BCUT2D eigenvalue weighted by atomic mass is 35.5. The summed E-state index contributed by atoms with van der Waals surface area (Å²) >= 11 is 18.3. The van der Waals surface area contributed by atoms with Gasteiger partial charge in [-0.2, -0.15) is 5.10 Å². The first-order valence-corrected chi connectivity index (χ1v) is 10.2. The molecule has 0 spiro atoms. The summed E-state index contributed by atoms with van der Waals surface area (Å²) in [7, 11) is -4.04. The number of non-ortho nitro benzene ring substituents is 1. The van der Waals surface area contributed by atoms with E-state index in [2.05, 4.69) is 9.82 Å². The van der Waals surface area contributed by atoms with Crippen LogP contribution in [0.4, 0.5) is 11.5 Å². The van der Waals surface area contributed by atoms with Crippen molar-refractivity contribution in [1.82, 2.24) is 9.78 Å². The number of hydrogen-bond acceptors (Lipinski definition) is 5. The Kier molecular flexibility index (Phi) is 5.80. The van der Waals surface area contributed by atoms with Crippen molar-refractivity contribution in [3.05, 3.63) is 79.4 Å². The molecule has 0 aliphatic heterocycles. The third-order valence-electron chi connectivity index (χ3n) is 3.69. The summed E-state index contributed by atoms with van der Waals surface area (Å²) in [6.45, 7) is 0.178. The zero-order chi connectivity index (χ0) is 20.5. The van der Waals surface area contributed by atoms with E-state index in [9.17, 15) is 18.5 Å². The van der Waals surface area contributed by atoms with Gasteiger partial charge in [0.25, 0.3) is 15.7 Å². The van der Waals surface area contributed by atoms with Crippen LogP contribution in [0.15, 0.2) is 53.6 Å². The Bertz CT molecular complexity index is 1130. The summed E-state index contributed by atoms with van der Waals surface area (Å²) in [6.07, 6.45) is 1.43. The molecular weight excluding hydrogens is 451 g/mol. The number of rotatable bonds is 6. The van der Waals surface area contributed by atoms with Crippen molar-refractivity contribution >= 4 is 56.3 Å². The number of halogens is 3. The predicted molar refractivity (Wildman–Crippen MR) is 107 cm³/mol. The summed E-state index contributed by atoms with van der Waals surface area (Å²) in [5, 5.41) is 15.7. The highest BCUT2D eigenvalue weighted by molar-refractivity contribution is 7.92. The van der Waals surface area contributed by atoms with Crippen LogP contribution in [0.5, 0.6) is 0 Å². The van der Waals surface area contributed by atoms with Crippen molar-refractivity contribution in [2.75, 3.05) is 4.72 Å². The second-order valence-electron chi connectivity index (χ2n) is 5.58. The van der Waals surface area contributed by atoms with Crippen molar-refractivity contribution < 1.29 is 13.3 Å². The zero-order valence-corrected chi connectivity index (χ0v) is 16.9. The van der Waals surface area contributed by atoms with Crippen LogP contribution in [0.2, 0.25) is 15.1 Å². The van der Waals surface area contributed by atoms with Gasteiger partial charge in [-0.1, -0.05) is 40.9 Å². The van der Waals surface area contributed by atoms with E-state index in [4.69, 9.17) is 34.8 Å². The maximum atomic E-state index is 12.5. The third-order valence-corrected chi connectivity index (χ3v) is 6.03. The second-order valence-corrected chi connectivity index (χ2v) is 8.48. The molecule has 1 aromatic heterocycles. The molecule has 0 bridgehead atoms. The summed E-state index contributed by atoms with van der Waals surface area (Å²) in [4.78, 5) is 9.90. The molecule has 0 aliphatic rings. The van der Waals surface area contributed by atoms with Crippen molar-refractivity contribution in [2.24, 2.45) is 0 Å². The minimum absolute atomic E-state index is 0.0636. The average Bonchev–Trinajstić information content (AvgIpc) is 2.97. The minimum atomic E-state index is -4.04. The molecule has 12 heteroatoms. The van der Waals surface area contributed by atoms with Crippen LogP contribution in [-0.2, 0) is 16.6 Å². The zero-order valence-electron chi connectivity index (χ0n) is 13.8. The Hall–Kier alpha value is -2.33. The quantitative estimate of drug-likeness (QED) is 0.426. The van der Waals surface area contributed by atoms with Crippen LogP contribution in [0, 0.1) is 10.1 Å². The highest BCUT2D eigenvalue weighted by Gasteiger charge is 2.20. The lowest BCUT2D eigenvalue weighted by Gasteiger charge is -2.07. The van der Waals surface area contributed by atoms with Crippen LogP contribution in [0.1, 0.15) is 5.56 Å². The summed E-state index contributed by atoms with van der Waals surface area (Å²) < 4.78 is 28.6. The van der Waals surface area contributed by atoms with Gasteiger partial charge in [-0.15, -0.1) is 0 Å². The minimum Gasteiger partial charge on any atom is -0.265 e. The van der Waals surface area contributed by atoms with Gasteiger partial charge in [0.1, 0.15) is 5.02 Å². The Morgan fingerprint density at radius 2 is 1.64 bits per heavy atom. The SMILES string of the molecule is O=[N+]([O-])c1ccc(S(=O)(=O)Nc2nn(Cc3c(Cl)cccc3Cl)cc2Cl)cc1. The Morgan fingerprint density at radius 3 is 2.21 bits per heavy atom.